The molecule has 3 rings (SSSR count). The maximum Gasteiger partial charge on any atom is 0.335 e. The van der Waals surface area contributed by atoms with E-state index in [9.17, 15) is 9.59 Å². The summed E-state index contributed by atoms with van der Waals surface area (Å²) in [5.74, 6) is -1.76. The van der Waals surface area contributed by atoms with Crippen LogP contribution in [-0.2, 0) is 11.3 Å². The first-order valence-electron chi connectivity index (χ1n) is 9.23. The van der Waals surface area contributed by atoms with Crippen LogP contribution >= 0.6 is 0 Å². The second kappa shape index (κ2) is 14.6. The van der Waals surface area contributed by atoms with Gasteiger partial charge in [0.15, 0.2) is 0 Å². The number of carboxylic acid groups (broad SMARTS) is 2. The van der Waals surface area contributed by atoms with Crippen molar-refractivity contribution in [3.05, 3.63) is 108 Å². The Kier molecular flexibility index (Phi) is 11.9. The van der Waals surface area contributed by atoms with E-state index < -0.39 is 11.9 Å². The van der Waals surface area contributed by atoms with Crippen molar-refractivity contribution in [3.8, 4) is 0 Å². The highest BCUT2D eigenvalue weighted by Crippen LogP contribution is 2.00. The molecule has 152 valence electrons. The van der Waals surface area contributed by atoms with Gasteiger partial charge in [0, 0.05) is 6.61 Å². The minimum absolute atomic E-state index is 0.331. The molecular weight excluding hydrogens is 368 g/mol. The molecule has 0 aromatic heterocycles. The molecule has 5 heteroatoms. The Morgan fingerprint density at radius 3 is 1.38 bits per heavy atom. The van der Waals surface area contributed by atoms with Crippen molar-refractivity contribution in [2.24, 2.45) is 0 Å². The molecule has 0 saturated carbocycles. The maximum atomic E-state index is 10.2. The fourth-order valence-corrected chi connectivity index (χ4v) is 2.07. The molecule has 0 amide bonds. The molecule has 3 aromatic rings. The quantitative estimate of drug-likeness (QED) is 0.548. The van der Waals surface area contributed by atoms with Gasteiger partial charge in [-0.05, 0) is 36.2 Å². The molecule has 3 aromatic carbocycles. The van der Waals surface area contributed by atoms with Gasteiger partial charge >= 0.3 is 11.9 Å². The number of hydrogen-bond donors (Lipinski definition) is 2. The minimum Gasteiger partial charge on any atom is -0.478 e. The van der Waals surface area contributed by atoms with Gasteiger partial charge in [-0.15, -0.1) is 0 Å². The van der Waals surface area contributed by atoms with Gasteiger partial charge in [-0.3, -0.25) is 0 Å². The van der Waals surface area contributed by atoms with E-state index in [0.29, 0.717) is 11.1 Å². The van der Waals surface area contributed by atoms with Crippen molar-refractivity contribution in [1.29, 1.82) is 0 Å². The lowest BCUT2D eigenvalue weighted by atomic mass is 10.2. The number of hydrogen-bond acceptors (Lipinski definition) is 3. The molecule has 0 aliphatic heterocycles. The summed E-state index contributed by atoms with van der Waals surface area (Å²) in [5, 5.41) is 16.8. The largest absolute Gasteiger partial charge is 0.478 e. The van der Waals surface area contributed by atoms with Gasteiger partial charge < -0.3 is 14.9 Å². The molecule has 0 radical (unpaired) electrons. The summed E-state index contributed by atoms with van der Waals surface area (Å²) >= 11 is 0. The number of benzene rings is 3. The summed E-state index contributed by atoms with van der Waals surface area (Å²) in [6.07, 6.45) is 1.09. The van der Waals surface area contributed by atoms with Crippen molar-refractivity contribution in [2.75, 3.05) is 6.61 Å². The van der Waals surface area contributed by atoms with Gasteiger partial charge in [-0.1, -0.05) is 73.7 Å². The van der Waals surface area contributed by atoms with E-state index in [0.717, 1.165) is 19.6 Å². The second-order valence-electron chi connectivity index (χ2n) is 5.88. The highest BCUT2D eigenvalue weighted by Gasteiger charge is 1.97. The Morgan fingerprint density at radius 1 is 0.690 bits per heavy atom. The maximum absolute atomic E-state index is 10.2. The van der Waals surface area contributed by atoms with Crippen LogP contribution in [0.5, 0.6) is 0 Å². The summed E-state index contributed by atoms with van der Waals surface area (Å²) in [4.78, 5) is 20.4. The van der Waals surface area contributed by atoms with E-state index in [1.807, 2.05) is 18.2 Å². The molecule has 29 heavy (non-hydrogen) atoms. The molecular formula is C24H26O5. The zero-order valence-electron chi connectivity index (χ0n) is 16.4. The lowest BCUT2D eigenvalue weighted by Gasteiger charge is -2.00. The Labute approximate surface area is 171 Å². The molecule has 0 fully saturated rings. The van der Waals surface area contributed by atoms with Crippen molar-refractivity contribution >= 4 is 11.9 Å². The standard InChI is InChI=1S/C10H14O.2C7H6O2/c1-2-8-11-9-10-6-4-3-5-7-10;2*8-7(9)6-4-2-1-3-5-6/h3-7H,2,8-9H2,1H3;2*1-5H,(H,8,9). The summed E-state index contributed by atoms with van der Waals surface area (Å²) in [5.41, 5.74) is 1.91. The number of ether oxygens (including phenoxy) is 1. The fraction of sp³-hybridized carbons (Fsp3) is 0.167. The van der Waals surface area contributed by atoms with Gasteiger partial charge in [0.2, 0.25) is 0 Å². The van der Waals surface area contributed by atoms with Crippen LogP contribution in [-0.4, -0.2) is 28.8 Å². The highest BCUT2D eigenvalue weighted by atomic mass is 16.5. The van der Waals surface area contributed by atoms with Gasteiger partial charge in [-0.25, -0.2) is 9.59 Å². The Balaban J connectivity index is 0.000000219. The molecule has 0 saturated heterocycles. The first-order valence-corrected chi connectivity index (χ1v) is 9.23. The topological polar surface area (TPSA) is 83.8 Å². The molecule has 0 spiro atoms. The number of rotatable bonds is 6. The van der Waals surface area contributed by atoms with E-state index in [-0.39, 0.29) is 0 Å². The van der Waals surface area contributed by atoms with Crippen LogP contribution in [0.2, 0.25) is 0 Å². The Bertz CT molecular complexity index is 768. The van der Waals surface area contributed by atoms with E-state index in [1.54, 1.807) is 60.7 Å². The van der Waals surface area contributed by atoms with Gasteiger partial charge in [0.25, 0.3) is 0 Å². The third kappa shape index (κ3) is 11.1. The zero-order chi connectivity index (χ0) is 21.3. The predicted molar refractivity (Wildman–Crippen MR) is 113 cm³/mol. The van der Waals surface area contributed by atoms with Crippen LogP contribution in [0.25, 0.3) is 0 Å². The summed E-state index contributed by atoms with van der Waals surface area (Å²) in [7, 11) is 0. The minimum atomic E-state index is -0.879. The average Bonchev–Trinajstić information content (AvgIpc) is 2.77. The zero-order valence-corrected chi connectivity index (χ0v) is 16.4. The Morgan fingerprint density at radius 2 is 1.07 bits per heavy atom. The van der Waals surface area contributed by atoms with Crippen molar-refractivity contribution in [3.63, 3.8) is 0 Å². The molecule has 0 heterocycles. The Hall–Kier alpha value is -3.44. The van der Waals surface area contributed by atoms with E-state index >= 15 is 0 Å². The van der Waals surface area contributed by atoms with Gasteiger partial charge in [-0.2, -0.15) is 0 Å². The summed E-state index contributed by atoms with van der Waals surface area (Å²) in [6.45, 7) is 3.72. The first-order chi connectivity index (χ1) is 14.0. The number of carboxylic acids is 2. The third-order valence-electron chi connectivity index (χ3n) is 3.50. The van der Waals surface area contributed by atoms with Crippen LogP contribution in [0.4, 0.5) is 0 Å². The van der Waals surface area contributed by atoms with Crippen LogP contribution in [0.15, 0.2) is 91.0 Å². The molecule has 0 unspecified atom stereocenters. The number of aromatic carboxylic acids is 2. The van der Waals surface area contributed by atoms with Crippen LogP contribution < -0.4 is 0 Å². The van der Waals surface area contributed by atoms with Crippen molar-refractivity contribution in [1.82, 2.24) is 0 Å². The van der Waals surface area contributed by atoms with E-state index in [4.69, 9.17) is 14.9 Å². The lowest BCUT2D eigenvalue weighted by Crippen LogP contribution is -1.93. The SMILES string of the molecule is CCCOCc1ccccc1.O=C(O)c1ccccc1.O=C(O)c1ccccc1. The molecule has 2 N–H and O–H groups in total. The van der Waals surface area contributed by atoms with Gasteiger partial charge in [0.05, 0.1) is 17.7 Å². The summed E-state index contributed by atoms with van der Waals surface area (Å²) < 4.78 is 5.37. The highest BCUT2D eigenvalue weighted by molar-refractivity contribution is 5.87. The van der Waals surface area contributed by atoms with Crippen LogP contribution in [0.1, 0.15) is 39.6 Å². The van der Waals surface area contributed by atoms with E-state index in [2.05, 4.69) is 19.1 Å². The van der Waals surface area contributed by atoms with Crippen LogP contribution in [0.3, 0.4) is 0 Å². The van der Waals surface area contributed by atoms with Gasteiger partial charge in [0.1, 0.15) is 0 Å². The monoisotopic (exact) mass is 394 g/mol. The summed E-state index contributed by atoms with van der Waals surface area (Å²) in [6, 6.07) is 26.8. The second-order valence-corrected chi connectivity index (χ2v) is 5.88. The molecule has 5 nitrogen and oxygen atoms in total. The lowest BCUT2D eigenvalue weighted by molar-refractivity contribution is 0.0686. The average molecular weight is 394 g/mol. The number of carbonyl (C=O) groups is 2. The fourth-order valence-electron chi connectivity index (χ4n) is 2.07. The van der Waals surface area contributed by atoms with Crippen molar-refractivity contribution in [2.45, 2.75) is 20.0 Å². The molecule has 0 bridgehead atoms. The van der Waals surface area contributed by atoms with Crippen LogP contribution in [0, 0.1) is 0 Å². The van der Waals surface area contributed by atoms with Crippen molar-refractivity contribution < 1.29 is 24.5 Å². The normalized spacial score (nSPS) is 9.28. The molecule has 0 aliphatic carbocycles. The van der Waals surface area contributed by atoms with E-state index in [1.165, 1.54) is 5.56 Å². The first kappa shape index (κ1) is 23.6. The predicted octanol–water partition coefficient (Wildman–Crippen LogP) is 5.38. The smallest absolute Gasteiger partial charge is 0.335 e. The molecule has 0 aliphatic rings. The third-order valence-corrected chi connectivity index (χ3v) is 3.50. The molecule has 0 atom stereocenters.